The Morgan fingerprint density at radius 3 is 2.46 bits per heavy atom. The molecule has 41 heavy (non-hydrogen) atoms. The smallest absolute Gasteiger partial charge is 0.416 e. The number of nitrogens with zero attached hydrogens (tertiary/aromatic N) is 2. The lowest BCUT2D eigenvalue weighted by molar-refractivity contribution is -0.385. The number of hydrogen-bond donors (Lipinski definition) is 1. The van der Waals surface area contributed by atoms with E-state index in [9.17, 15) is 28.1 Å². The normalized spacial score (nSPS) is 11.2. The highest BCUT2D eigenvalue weighted by Gasteiger charge is 2.33. The molecule has 1 N–H and O–H groups in total. The third-order valence-electron chi connectivity index (χ3n) is 5.19. The van der Waals surface area contributed by atoms with Crippen molar-refractivity contribution in [1.82, 2.24) is 5.43 Å². The lowest BCUT2D eigenvalue weighted by Gasteiger charge is -2.14. The average molecular weight is 594 g/mol. The summed E-state index contributed by atoms with van der Waals surface area (Å²) in [5.74, 6) is -0.408. The Balaban J connectivity index is 1.80. The molecular formula is C27H23ClF3N3O7. The summed E-state index contributed by atoms with van der Waals surface area (Å²) in [4.78, 5) is 23.0. The van der Waals surface area contributed by atoms with Gasteiger partial charge in [-0.1, -0.05) is 24.3 Å². The van der Waals surface area contributed by atoms with Crippen molar-refractivity contribution in [2.24, 2.45) is 5.10 Å². The van der Waals surface area contributed by atoms with Crippen LogP contribution >= 0.6 is 11.6 Å². The van der Waals surface area contributed by atoms with Gasteiger partial charge >= 0.3 is 11.9 Å². The third kappa shape index (κ3) is 7.88. The van der Waals surface area contributed by atoms with Gasteiger partial charge in [-0.2, -0.15) is 18.3 Å². The zero-order valence-corrected chi connectivity index (χ0v) is 22.4. The predicted octanol–water partition coefficient (Wildman–Crippen LogP) is 6.80. The van der Waals surface area contributed by atoms with E-state index in [0.717, 1.165) is 6.07 Å². The van der Waals surface area contributed by atoms with Crippen LogP contribution in [0.1, 0.15) is 28.4 Å². The van der Waals surface area contributed by atoms with E-state index in [4.69, 9.17) is 30.5 Å². The summed E-state index contributed by atoms with van der Waals surface area (Å²) in [6.07, 6.45) is -1.96. The number of nitro groups is 1. The molecule has 0 radical (unpaired) electrons. The van der Waals surface area contributed by atoms with Crippen LogP contribution in [0.15, 0.2) is 66.3 Å². The van der Waals surface area contributed by atoms with Crippen LogP contribution in [0, 0.1) is 10.1 Å². The Hall–Kier alpha value is -4.78. The number of rotatable bonds is 12. The van der Waals surface area contributed by atoms with E-state index in [0.29, 0.717) is 35.8 Å². The van der Waals surface area contributed by atoms with Crippen molar-refractivity contribution in [1.29, 1.82) is 0 Å². The molecule has 3 rings (SSSR count). The summed E-state index contributed by atoms with van der Waals surface area (Å²) in [6.45, 7) is 5.98. The van der Waals surface area contributed by atoms with Crippen LogP contribution in [0.2, 0.25) is 5.02 Å². The number of hydrogen-bond acceptors (Lipinski definition) is 8. The van der Waals surface area contributed by atoms with Crippen LogP contribution in [0.3, 0.4) is 0 Å². The van der Waals surface area contributed by atoms with Gasteiger partial charge in [0, 0.05) is 11.6 Å². The van der Waals surface area contributed by atoms with Gasteiger partial charge in [-0.3, -0.25) is 14.9 Å². The van der Waals surface area contributed by atoms with Crippen LogP contribution in [0.25, 0.3) is 0 Å². The molecule has 14 heteroatoms. The summed E-state index contributed by atoms with van der Waals surface area (Å²) in [5.41, 5.74) is 0.815. The van der Waals surface area contributed by atoms with Crippen molar-refractivity contribution in [3.05, 3.63) is 93.0 Å². The van der Waals surface area contributed by atoms with E-state index in [-0.39, 0.29) is 28.7 Å². The Bertz CT molecular complexity index is 1480. The maximum atomic E-state index is 13.0. The van der Waals surface area contributed by atoms with Crippen LogP contribution in [-0.4, -0.2) is 37.4 Å². The molecule has 0 aliphatic rings. The molecule has 0 unspecified atom stereocenters. The number of carbonyl (C=O) groups excluding carboxylic acids is 1. The highest BCUT2D eigenvalue weighted by Crippen LogP contribution is 2.43. The Morgan fingerprint density at radius 2 is 1.83 bits per heavy atom. The van der Waals surface area contributed by atoms with Gasteiger partial charge < -0.3 is 18.9 Å². The van der Waals surface area contributed by atoms with Gasteiger partial charge in [0.05, 0.1) is 35.4 Å². The fourth-order valence-electron chi connectivity index (χ4n) is 3.36. The maximum Gasteiger partial charge on any atom is 0.416 e. The van der Waals surface area contributed by atoms with E-state index < -0.39 is 34.0 Å². The zero-order chi connectivity index (χ0) is 30.2. The van der Waals surface area contributed by atoms with Crippen molar-refractivity contribution >= 4 is 29.4 Å². The van der Waals surface area contributed by atoms with Gasteiger partial charge in [0.2, 0.25) is 5.75 Å². The predicted molar refractivity (Wildman–Crippen MR) is 145 cm³/mol. The molecule has 0 heterocycles. The number of alkyl halides is 3. The molecule has 0 spiro atoms. The molecule has 0 aliphatic heterocycles. The van der Waals surface area contributed by atoms with Crippen molar-refractivity contribution in [3.63, 3.8) is 0 Å². The van der Waals surface area contributed by atoms with Gasteiger partial charge in [-0.15, -0.1) is 0 Å². The lowest BCUT2D eigenvalue weighted by Crippen LogP contribution is -2.17. The Kier molecular flexibility index (Phi) is 10.1. The number of ether oxygens (including phenoxy) is 4. The van der Waals surface area contributed by atoms with Crippen LogP contribution in [0.5, 0.6) is 28.7 Å². The number of nitro benzene ring substituents is 1. The van der Waals surface area contributed by atoms with Crippen molar-refractivity contribution in [2.45, 2.75) is 13.1 Å². The fourth-order valence-corrected chi connectivity index (χ4v) is 3.62. The second kappa shape index (κ2) is 13.5. The molecule has 1 amide bonds. The topological polar surface area (TPSA) is 122 Å². The molecule has 0 aliphatic carbocycles. The summed E-state index contributed by atoms with van der Waals surface area (Å²) in [5, 5.41) is 15.2. The van der Waals surface area contributed by atoms with Crippen molar-refractivity contribution < 1.29 is 41.8 Å². The Labute approximate surface area is 237 Å². The van der Waals surface area contributed by atoms with Crippen molar-refractivity contribution in [2.75, 3.05) is 20.3 Å². The molecule has 3 aromatic carbocycles. The molecule has 10 nitrogen and oxygen atoms in total. The summed E-state index contributed by atoms with van der Waals surface area (Å²) >= 11 is 6.30. The maximum absolute atomic E-state index is 13.0. The van der Waals surface area contributed by atoms with Crippen LogP contribution in [-0.2, 0) is 6.18 Å². The van der Waals surface area contributed by atoms with Gasteiger partial charge in [-0.05, 0) is 55.0 Å². The standard InChI is InChI=1S/C27H23ClF3N3O7/c1-4-10-40-22-8-6-17(13-23(22)39-5-2)26(35)33-32-15-16-11-19(28)25(24(12-16)38-3)41-21-9-7-18(27(29,30)31)14-20(21)34(36)37/h4,6-9,11-15H,1,5,10H2,2-3H3,(H,33,35)/b32-15+. The third-order valence-corrected chi connectivity index (χ3v) is 5.47. The minimum Gasteiger partial charge on any atom is -0.493 e. The second-order valence-electron chi connectivity index (χ2n) is 7.97. The zero-order valence-electron chi connectivity index (χ0n) is 21.7. The first-order chi connectivity index (χ1) is 19.5. The number of halogens is 4. The summed E-state index contributed by atoms with van der Waals surface area (Å²) < 4.78 is 60.8. The monoisotopic (exact) mass is 593 g/mol. The largest absolute Gasteiger partial charge is 0.493 e. The summed E-state index contributed by atoms with van der Waals surface area (Å²) in [7, 11) is 1.26. The van der Waals surface area contributed by atoms with Gasteiger partial charge in [0.15, 0.2) is 23.0 Å². The molecule has 0 atom stereocenters. The van der Waals surface area contributed by atoms with Crippen molar-refractivity contribution in [3.8, 4) is 28.7 Å². The highest BCUT2D eigenvalue weighted by molar-refractivity contribution is 6.32. The number of carbonyl (C=O) groups is 1. The molecule has 0 saturated heterocycles. The number of nitrogens with one attached hydrogen (secondary N) is 1. The fraction of sp³-hybridized carbons (Fsp3) is 0.185. The molecule has 216 valence electrons. The first-order valence-corrected chi connectivity index (χ1v) is 12.1. The number of methoxy groups -OCH3 is 1. The molecule has 0 aromatic heterocycles. The van der Waals surface area contributed by atoms with Gasteiger partial charge in [-0.25, -0.2) is 5.43 Å². The van der Waals surface area contributed by atoms with Gasteiger partial charge in [0.25, 0.3) is 5.91 Å². The van der Waals surface area contributed by atoms with E-state index >= 15 is 0 Å². The molecular weight excluding hydrogens is 571 g/mol. The SMILES string of the molecule is C=CCOc1ccc(C(=O)N/N=C/c2cc(Cl)c(Oc3ccc(C(F)(F)F)cc3[N+](=O)[O-])c(OC)c2)cc1OCC. The molecule has 3 aromatic rings. The first-order valence-electron chi connectivity index (χ1n) is 11.7. The molecule has 0 bridgehead atoms. The molecule has 0 fully saturated rings. The lowest BCUT2D eigenvalue weighted by atomic mass is 10.1. The average Bonchev–Trinajstić information content (AvgIpc) is 2.93. The van der Waals surface area contributed by atoms with Gasteiger partial charge in [0.1, 0.15) is 6.61 Å². The summed E-state index contributed by atoms with van der Waals surface area (Å²) in [6, 6.07) is 9.17. The minimum atomic E-state index is -4.79. The van der Waals surface area contributed by atoms with E-state index in [1.165, 1.54) is 37.6 Å². The van der Waals surface area contributed by atoms with E-state index in [1.54, 1.807) is 19.1 Å². The molecule has 0 saturated carbocycles. The highest BCUT2D eigenvalue weighted by atomic mass is 35.5. The first kappa shape index (κ1) is 30.8. The van der Waals surface area contributed by atoms with Crippen LogP contribution in [0.4, 0.5) is 18.9 Å². The van der Waals surface area contributed by atoms with E-state index in [2.05, 4.69) is 17.1 Å². The van der Waals surface area contributed by atoms with E-state index in [1.807, 2.05) is 0 Å². The number of amides is 1. The number of hydrazone groups is 1. The second-order valence-corrected chi connectivity index (χ2v) is 8.37. The number of benzene rings is 3. The van der Waals surface area contributed by atoms with Crippen LogP contribution < -0.4 is 24.4 Å². The minimum absolute atomic E-state index is 0.00376. The Morgan fingerprint density at radius 1 is 1.10 bits per heavy atom. The quantitative estimate of drug-likeness (QED) is 0.106.